The van der Waals surface area contributed by atoms with Crippen molar-refractivity contribution in [3.8, 4) is 11.6 Å². The fourth-order valence-corrected chi connectivity index (χ4v) is 3.05. The van der Waals surface area contributed by atoms with Gasteiger partial charge in [0.2, 0.25) is 5.82 Å². The minimum Gasteiger partial charge on any atom is -0.433 e. The Balaban J connectivity index is 1.70. The van der Waals surface area contributed by atoms with Crippen LogP contribution >= 0.6 is 0 Å². The first kappa shape index (κ1) is 17.9. The summed E-state index contributed by atoms with van der Waals surface area (Å²) in [5.41, 5.74) is -0.460. The van der Waals surface area contributed by atoms with Crippen molar-refractivity contribution in [3.05, 3.63) is 57.2 Å². The van der Waals surface area contributed by atoms with Gasteiger partial charge in [-0.2, -0.15) is 4.98 Å². The molecular weight excluding hydrogens is 366 g/mol. The highest BCUT2D eigenvalue weighted by Crippen LogP contribution is 2.36. The maximum Gasteiger partial charge on any atom is 0.373 e. The van der Waals surface area contributed by atoms with Crippen LogP contribution in [0.2, 0.25) is 0 Å². The smallest absolute Gasteiger partial charge is 0.373 e. The second kappa shape index (κ2) is 7.24. The van der Waals surface area contributed by atoms with Crippen molar-refractivity contribution in [2.75, 3.05) is 38.1 Å². The van der Waals surface area contributed by atoms with Gasteiger partial charge < -0.3 is 19.0 Å². The number of aromatic nitrogens is 2. The molecule has 0 aliphatic carbocycles. The molecule has 0 bridgehead atoms. The zero-order valence-corrected chi connectivity index (χ0v) is 15.1. The van der Waals surface area contributed by atoms with Crippen LogP contribution in [-0.2, 0) is 0 Å². The topological polar surface area (TPSA) is 115 Å². The Morgan fingerprint density at radius 2 is 1.89 bits per heavy atom. The van der Waals surface area contributed by atoms with Gasteiger partial charge in [0.15, 0.2) is 0 Å². The number of hydrogen-bond donors (Lipinski definition) is 0. The van der Waals surface area contributed by atoms with Gasteiger partial charge >= 0.3 is 17.2 Å². The van der Waals surface area contributed by atoms with Gasteiger partial charge in [-0.05, 0) is 25.2 Å². The summed E-state index contributed by atoms with van der Waals surface area (Å²) in [4.78, 5) is 34.7. The Bertz CT molecular complexity index is 1090. The lowest BCUT2D eigenvalue weighted by Gasteiger charge is -2.32. The average Bonchev–Trinajstić information content (AvgIpc) is 2.68. The van der Waals surface area contributed by atoms with E-state index in [0.717, 1.165) is 13.1 Å². The molecule has 0 spiro atoms. The van der Waals surface area contributed by atoms with Gasteiger partial charge in [-0.25, -0.2) is 9.78 Å². The van der Waals surface area contributed by atoms with Gasteiger partial charge in [-0.15, -0.1) is 0 Å². The number of hydrogen-bond acceptors (Lipinski definition) is 9. The monoisotopic (exact) mass is 383 g/mol. The van der Waals surface area contributed by atoms with Crippen molar-refractivity contribution in [2.24, 2.45) is 0 Å². The Morgan fingerprint density at radius 3 is 2.64 bits per heavy atom. The molecule has 28 heavy (non-hydrogen) atoms. The van der Waals surface area contributed by atoms with Crippen LogP contribution in [0.3, 0.4) is 0 Å². The van der Waals surface area contributed by atoms with Gasteiger partial charge in [0.1, 0.15) is 17.7 Å². The van der Waals surface area contributed by atoms with Crippen LogP contribution < -0.4 is 15.3 Å². The van der Waals surface area contributed by atoms with Crippen molar-refractivity contribution in [1.29, 1.82) is 0 Å². The Hall–Kier alpha value is -3.53. The van der Waals surface area contributed by atoms with E-state index >= 15 is 0 Å². The number of nitrogens with zero attached hydrogens (tertiary/aromatic N) is 5. The lowest BCUT2D eigenvalue weighted by molar-refractivity contribution is -0.385. The van der Waals surface area contributed by atoms with Gasteiger partial charge in [-0.3, -0.25) is 10.1 Å². The molecule has 2 aromatic heterocycles. The molecule has 0 amide bonds. The minimum atomic E-state index is -0.538. The summed E-state index contributed by atoms with van der Waals surface area (Å²) in [5, 5.41) is 12.5. The second-order valence-electron chi connectivity index (χ2n) is 6.45. The number of anilines is 1. The first-order valence-electron chi connectivity index (χ1n) is 8.66. The predicted octanol–water partition coefficient (Wildman–Crippen LogP) is 2.04. The molecular formula is C18H17N5O5. The normalized spacial score (nSPS) is 15.0. The van der Waals surface area contributed by atoms with E-state index in [-0.39, 0.29) is 23.1 Å². The Kier molecular flexibility index (Phi) is 4.62. The molecule has 3 aromatic rings. The fraction of sp³-hybridized carbons (Fsp3) is 0.278. The Labute approximate surface area is 159 Å². The van der Waals surface area contributed by atoms with Crippen LogP contribution in [0.1, 0.15) is 0 Å². The largest absolute Gasteiger partial charge is 0.433 e. The van der Waals surface area contributed by atoms with Crippen LogP contribution in [0.25, 0.3) is 11.0 Å². The van der Waals surface area contributed by atoms with Gasteiger partial charge in [0.05, 0.1) is 4.92 Å². The summed E-state index contributed by atoms with van der Waals surface area (Å²) >= 11 is 0. The van der Waals surface area contributed by atoms with Crippen molar-refractivity contribution in [2.45, 2.75) is 0 Å². The van der Waals surface area contributed by atoms with Crippen molar-refractivity contribution in [3.63, 3.8) is 0 Å². The molecule has 1 aliphatic heterocycles. The molecule has 0 atom stereocenters. The quantitative estimate of drug-likeness (QED) is 0.379. The summed E-state index contributed by atoms with van der Waals surface area (Å²) in [7, 11) is 2.00. The molecule has 144 valence electrons. The third kappa shape index (κ3) is 3.49. The predicted molar refractivity (Wildman–Crippen MR) is 101 cm³/mol. The molecule has 1 saturated heterocycles. The van der Waals surface area contributed by atoms with Crippen molar-refractivity contribution < 1.29 is 14.1 Å². The molecule has 1 aromatic carbocycles. The maximum atomic E-state index is 11.7. The van der Waals surface area contributed by atoms with E-state index < -0.39 is 10.5 Å². The SMILES string of the molecule is CN1CCN(c2ncnc(Oc3ccc4ccc(=O)oc4c3)c2[N+](=O)[O-])CC1. The average molecular weight is 383 g/mol. The summed E-state index contributed by atoms with van der Waals surface area (Å²) < 4.78 is 10.8. The van der Waals surface area contributed by atoms with E-state index in [9.17, 15) is 14.9 Å². The van der Waals surface area contributed by atoms with E-state index in [1.165, 1.54) is 18.5 Å². The minimum absolute atomic E-state index is 0.161. The molecule has 1 aliphatic rings. The summed E-state index contributed by atoms with van der Waals surface area (Å²) in [6.07, 6.45) is 1.25. The van der Waals surface area contributed by atoms with Gasteiger partial charge in [0.25, 0.3) is 0 Å². The summed E-state index contributed by atoms with van der Waals surface area (Å²) in [5.74, 6) is 0.343. The van der Waals surface area contributed by atoms with E-state index in [2.05, 4.69) is 14.9 Å². The van der Waals surface area contributed by atoms with Crippen LogP contribution in [0.15, 0.2) is 45.9 Å². The van der Waals surface area contributed by atoms with Crippen molar-refractivity contribution >= 4 is 22.5 Å². The van der Waals surface area contributed by atoms with E-state index in [1.54, 1.807) is 18.2 Å². The number of nitro groups is 1. The summed E-state index contributed by atoms with van der Waals surface area (Å²) in [6, 6.07) is 7.77. The Morgan fingerprint density at radius 1 is 1.14 bits per heavy atom. The molecule has 0 saturated carbocycles. The number of benzene rings is 1. The zero-order chi connectivity index (χ0) is 19.7. The third-order valence-corrected chi connectivity index (χ3v) is 4.56. The maximum absolute atomic E-state index is 11.7. The van der Waals surface area contributed by atoms with E-state index in [4.69, 9.17) is 9.15 Å². The molecule has 0 radical (unpaired) electrons. The van der Waals surface area contributed by atoms with Crippen molar-refractivity contribution in [1.82, 2.24) is 14.9 Å². The molecule has 1 fully saturated rings. The number of piperazine rings is 1. The highest BCUT2D eigenvalue weighted by molar-refractivity contribution is 5.78. The molecule has 0 N–H and O–H groups in total. The van der Waals surface area contributed by atoms with Crippen LogP contribution in [0.5, 0.6) is 11.6 Å². The molecule has 10 heteroatoms. The van der Waals surface area contributed by atoms with Crippen LogP contribution in [0.4, 0.5) is 11.5 Å². The fourth-order valence-electron chi connectivity index (χ4n) is 3.05. The van der Waals surface area contributed by atoms with E-state index in [0.29, 0.717) is 24.1 Å². The zero-order valence-electron chi connectivity index (χ0n) is 15.1. The molecule has 10 nitrogen and oxygen atoms in total. The summed E-state index contributed by atoms with van der Waals surface area (Å²) in [6.45, 7) is 2.80. The first-order chi connectivity index (χ1) is 13.5. The number of fused-ring (bicyclic) bond motifs is 1. The number of likely N-dealkylation sites (N-methyl/N-ethyl adjacent to an activating group) is 1. The lowest BCUT2D eigenvalue weighted by Crippen LogP contribution is -2.45. The van der Waals surface area contributed by atoms with Gasteiger partial charge in [-0.1, -0.05) is 0 Å². The molecule has 4 rings (SSSR count). The molecule has 3 heterocycles. The van der Waals surface area contributed by atoms with Crippen LogP contribution in [0, 0.1) is 10.1 Å². The third-order valence-electron chi connectivity index (χ3n) is 4.56. The lowest BCUT2D eigenvalue weighted by atomic mass is 10.2. The van der Waals surface area contributed by atoms with Gasteiger partial charge in [0, 0.05) is 43.7 Å². The molecule has 0 unspecified atom stereocenters. The first-order valence-corrected chi connectivity index (χ1v) is 8.66. The van der Waals surface area contributed by atoms with E-state index in [1.807, 2.05) is 11.9 Å². The van der Waals surface area contributed by atoms with Crippen LogP contribution in [-0.4, -0.2) is 53.0 Å². The number of ether oxygens (including phenoxy) is 1. The number of rotatable bonds is 4. The standard InChI is InChI=1S/C18H17N5O5/c1-21-6-8-22(9-7-21)17-16(23(25)26)18(20-11-19-17)27-13-4-2-12-3-5-15(24)28-14(12)10-13/h2-5,10-11H,6-9H2,1H3. The second-order valence-corrected chi connectivity index (χ2v) is 6.45. The highest BCUT2D eigenvalue weighted by Gasteiger charge is 2.30. The highest BCUT2D eigenvalue weighted by atomic mass is 16.6.